The molecule has 0 atom stereocenters. The summed E-state index contributed by atoms with van der Waals surface area (Å²) in [6.45, 7) is 0.630. The summed E-state index contributed by atoms with van der Waals surface area (Å²) >= 11 is 3.33. The zero-order chi connectivity index (χ0) is 18.0. The topological polar surface area (TPSA) is 87.2 Å². The van der Waals surface area contributed by atoms with Crippen LogP contribution in [0.15, 0.2) is 28.9 Å². The zero-order valence-electron chi connectivity index (χ0n) is 13.5. The maximum absolute atomic E-state index is 14.4. The largest absolute Gasteiger partial charge is 0.372 e. The minimum absolute atomic E-state index is 0.0600. The third-order valence-corrected chi connectivity index (χ3v) is 6.25. The molecule has 0 radical (unpaired) electrons. The van der Waals surface area contributed by atoms with Gasteiger partial charge in [-0.1, -0.05) is 6.07 Å². The van der Waals surface area contributed by atoms with E-state index < -0.39 is 15.8 Å². The molecule has 10 heteroatoms. The van der Waals surface area contributed by atoms with Crippen LogP contribution < -0.4 is 14.9 Å². The second-order valence-electron chi connectivity index (χ2n) is 5.52. The molecule has 0 bridgehead atoms. The molecule has 1 aliphatic heterocycles. The third kappa shape index (κ3) is 3.84. The maximum Gasteiger partial charge on any atom is 0.235 e. The molecule has 2 heterocycles. The van der Waals surface area contributed by atoms with Crippen molar-refractivity contribution in [3.05, 3.63) is 40.2 Å². The van der Waals surface area contributed by atoms with E-state index in [0.717, 1.165) is 8.78 Å². The highest BCUT2D eigenvalue weighted by atomic mass is 79.9. The lowest BCUT2D eigenvalue weighted by Gasteiger charge is -2.18. The number of benzene rings is 1. The predicted octanol–water partition coefficient (Wildman–Crippen LogP) is 2.57. The van der Waals surface area contributed by atoms with Crippen molar-refractivity contribution in [2.45, 2.75) is 13.0 Å². The molecule has 2 N–H and O–H groups in total. The third-order valence-electron chi connectivity index (χ3n) is 3.81. The van der Waals surface area contributed by atoms with Crippen molar-refractivity contribution in [3.8, 4) is 0 Å². The van der Waals surface area contributed by atoms with E-state index in [1.807, 2.05) is 0 Å². The van der Waals surface area contributed by atoms with Gasteiger partial charge in [0.15, 0.2) is 0 Å². The molecule has 1 aliphatic rings. The van der Waals surface area contributed by atoms with Gasteiger partial charge >= 0.3 is 0 Å². The molecule has 1 saturated heterocycles. The second-order valence-corrected chi connectivity index (χ2v) is 8.39. The summed E-state index contributed by atoms with van der Waals surface area (Å²) in [7, 11) is -1.65. The molecule has 1 fully saturated rings. The first-order chi connectivity index (χ1) is 11.9. The number of anilines is 3. The summed E-state index contributed by atoms with van der Waals surface area (Å²) in [5.74, 6) is 0.541. The van der Waals surface area contributed by atoms with Crippen molar-refractivity contribution in [2.24, 2.45) is 0 Å². The Balaban J connectivity index is 1.73. The van der Waals surface area contributed by atoms with Gasteiger partial charge < -0.3 is 10.6 Å². The van der Waals surface area contributed by atoms with E-state index in [4.69, 9.17) is 0 Å². The van der Waals surface area contributed by atoms with E-state index in [1.165, 1.54) is 12.1 Å². The van der Waals surface area contributed by atoms with Crippen LogP contribution in [-0.4, -0.2) is 37.7 Å². The van der Waals surface area contributed by atoms with Crippen LogP contribution in [0.2, 0.25) is 0 Å². The van der Waals surface area contributed by atoms with Crippen LogP contribution in [0.4, 0.5) is 21.8 Å². The lowest BCUT2D eigenvalue weighted by Crippen LogP contribution is -2.26. The molecule has 3 rings (SSSR count). The monoisotopic (exact) mass is 429 g/mol. The number of halogens is 2. The van der Waals surface area contributed by atoms with Crippen LogP contribution in [0.1, 0.15) is 12.0 Å². The maximum atomic E-state index is 14.4. The number of nitrogens with zero attached hydrogens (tertiary/aromatic N) is 3. The van der Waals surface area contributed by atoms with Gasteiger partial charge in [-0.3, -0.25) is 4.31 Å². The molecule has 1 aromatic carbocycles. The van der Waals surface area contributed by atoms with Crippen molar-refractivity contribution in [1.82, 2.24) is 9.97 Å². The standard InChI is InChI=1S/C15H17BrFN5O2S/c1-18-14-11(16)9-20-15(21-14)19-8-10-3-4-13(12(17)7-10)22-5-2-6-25(22,23)24/h3-4,7,9H,2,5-6,8H2,1H3,(H2,18,19,20,21). The van der Waals surface area contributed by atoms with Crippen molar-refractivity contribution in [2.75, 3.05) is 34.3 Å². The van der Waals surface area contributed by atoms with Crippen molar-refractivity contribution in [3.63, 3.8) is 0 Å². The summed E-state index contributed by atoms with van der Waals surface area (Å²) in [5, 5.41) is 5.94. The fraction of sp³-hybridized carbons (Fsp3) is 0.333. The van der Waals surface area contributed by atoms with Crippen LogP contribution in [0.3, 0.4) is 0 Å². The molecule has 7 nitrogen and oxygen atoms in total. The summed E-state index contributed by atoms with van der Waals surface area (Å²) in [5.41, 5.74) is 0.758. The minimum atomic E-state index is -3.40. The molecule has 2 aromatic rings. The quantitative estimate of drug-likeness (QED) is 0.759. The summed E-state index contributed by atoms with van der Waals surface area (Å²) < 4.78 is 40.1. The smallest absolute Gasteiger partial charge is 0.235 e. The Bertz CT molecular complexity index is 893. The van der Waals surface area contributed by atoms with Gasteiger partial charge in [-0.25, -0.2) is 17.8 Å². The Morgan fingerprint density at radius 2 is 2.20 bits per heavy atom. The molecule has 0 amide bonds. The molecular formula is C15H17BrFN5O2S. The molecule has 0 unspecified atom stereocenters. The summed E-state index contributed by atoms with van der Waals surface area (Å²) in [6.07, 6.45) is 2.13. The average molecular weight is 430 g/mol. The van der Waals surface area contributed by atoms with Gasteiger partial charge in [0.25, 0.3) is 0 Å². The number of nitrogens with one attached hydrogen (secondary N) is 2. The molecular weight excluding hydrogens is 413 g/mol. The van der Waals surface area contributed by atoms with Crippen LogP contribution in [-0.2, 0) is 16.6 Å². The molecule has 0 saturated carbocycles. The normalized spacial score (nSPS) is 16.0. The second kappa shape index (κ2) is 7.12. The van der Waals surface area contributed by atoms with Gasteiger partial charge in [0, 0.05) is 26.3 Å². The Kier molecular flexibility index (Phi) is 5.09. The number of hydrogen-bond donors (Lipinski definition) is 2. The van der Waals surface area contributed by atoms with Gasteiger partial charge in [0.2, 0.25) is 16.0 Å². The van der Waals surface area contributed by atoms with Crippen molar-refractivity contribution < 1.29 is 12.8 Å². The van der Waals surface area contributed by atoms with E-state index in [-0.39, 0.29) is 11.4 Å². The highest BCUT2D eigenvalue weighted by molar-refractivity contribution is 9.10. The lowest BCUT2D eigenvalue weighted by molar-refractivity contribution is 0.594. The predicted molar refractivity (Wildman–Crippen MR) is 98.8 cm³/mol. The van der Waals surface area contributed by atoms with Gasteiger partial charge in [-0.05, 0) is 40.0 Å². The first kappa shape index (κ1) is 17.9. The van der Waals surface area contributed by atoms with Gasteiger partial charge in [0.1, 0.15) is 11.6 Å². The van der Waals surface area contributed by atoms with Crippen molar-refractivity contribution in [1.29, 1.82) is 0 Å². The Hall–Kier alpha value is -1.94. The van der Waals surface area contributed by atoms with Crippen molar-refractivity contribution >= 4 is 43.4 Å². The van der Waals surface area contributed by atoms with Crippen LogP contribution in [0, 0.1) is 5.82 Å². The van der Waals surface area contributed by atoms with Crippen LogP contribution in [0.5, 0.6) is 0 Å². The Morgan fingerprint density at radius 1 is 1.40 bits per heavy atom. The first-order valence-corrected chi connectivity index (χ1v) is 10.0. The minimum Gasteiger partial charge on any atom is -0.372 e. The molecule has 0 spiro atoms. The Morgan fingerprint density at radius 3 is 2.84 bits per heavy atom. The molecule has 0 aliphatic carbocycles. The van der Waals surface area contributed by atoms with Gasteiger partial charge in [-0.15, -0.1) is 0 Å². The number of aromatic nitrogens is 2. The van der Waals surface area contributed by atoms with E-state index in [2.05, 4.69) is 36.5 Å². The highest BCUT2D eigenvalue weighted by Crippen LogP contribution is 2.27. The SMILES string of the molecule is CNc1nc(NCc2ccc(N3CCCS3(=O)=O)c(F)c2)ncc1Br. The van der Waals surface area contributed by atoms with E-state index in [1.54, 1.807) is 19.3 Å². The van der Waals surface area contributed by atoms with Gasteiger partial charge in [-0.2, -0.15) is 4.98 Å². The average Bonchev–Trinajstić information content (AvgIpc) is 2.93. The molecule has 134 valence electrons. The van der Waals surface area contributed by atoms with Crippen LogP contribution >= 0.6 is 15.9 Å². The van der Waals surface area contributed by atoms with E-state index in [9.17, 15) is 12.8 Å². The Labute approximate surface area is 153 Å². The zero-order valence-corrected chi connectivity index (χ0v) is 15.9. The van der Waals surface area contributed by atoms with Gasteiger partial charge in [0.05, 0.1) is 15.9 Å². The fourth-order valence-corrected chi connectivity index (χ4v) is 4.54. The van der Waals surface area contributed by atoms with E-state index in [0.29, 0.717) is 36.8 Å². The summed E-state index contributed by atoms with van der Waals surface area (Å²) in [6, 6.07) is 4.52. The number of sulfonamides is 1. The van der Waals surface area contributed by atoms with Crippen LogP contribution in [0.25, 0.3) is 0 Å². The van der Waals surface area contributed by atoms with E-state index >= 15 is 0 Å². The lowest BCUT2D eigenvalue weighted by atomic mass is 10.2. The molecule has 25 heavy (non-hydrogen) atoms. The fourth-order valence-electron chi connectivity index (χ4n) is 2.58. The summed E-state index contributed by atoms with van der Waals surface area (Å²) in [4.78, 5) is 8.40. The number of hydrogen-bond acceptors (Lipinski definition) is 6. The molecule has 1 aromatic heterocycles. The highest BCUT2D eigenvalue weighted by Gasteiger charge is 2.30. The first-order valence-electron chi connectivity index (χ1n) is 7.64. The number of rotatable bonds is 5.